The van der Waals surface area contributed by atoms with Crippen LogP contribution in [0.5, 0.6) is 11.5 Å². The van der Waals surface area contributed by atoms with E-state index in [1.807, 2.05) is 42.5 Å². The molecular formula is C19H16N2O3. The number of rotatable bonds is 5. The van der Waals surface area contributed by atoms with Crippen LogP contribution in [0, 0.1) is 0 Å². The van der Waals surface area contributed by atoms with Gasteiger partial charge in [0.2, 0.25) is 6.79 Å². The van der Waals surface area contributed by atoms with E-state index in [1.165, 1.54) is 6.21 Å². The van der Waals surface area contributed by atoms with Gasteiger partial charge >= 0.3 is 0 Å². The first kappa shape index (κ1) is 15.6. The van der Waals surface area contributed by atoms with Crippen LogP contribution in [-0.4, -0.2) is 18.9 Å². The number of hydrazone groups is 1. The molecule has 1 aliphatic heterocycles. The second-order valence-corrected chi connectivity index (χ2v) is 4.94. The SMILES string of the molecule is O=C(N/N=C/C=C/C=C/c1ccc2c(c1)OCO2)c1ccccc1. The van der Waals surface area contributed by atoms with Crippen LogP contribution in [0.3, 0.4) is 0 Å². The largest absolute Gasteiger partial charge is 0.454 e. The van der Waals surface area contributed by atoms with Gasteiger partial charge in [0.25, 0.3) is 5.91 Å². The highest BCUT2D eigenvalue weighted by molar-refractivity contribution is 5.94. The number of carbonyl (C=O) groups is 1. The lowest BCUT2D eigenvalue weighted by molar-refractivity contribution is 0.0955. The maximum atomic E-state index is 11.7. The number of hydrogen-bond donors (Lipinski definition) is 1. The summed E-state index contributed by atoms with van der Waals surface area (Å²) in [6, 6.07) is 14.7. The van der Waals surface area contributed by atoms with Gasteiger partial charge in [0, 0.05) is 11.8 Å². The third-order valence-corrected chi connectivity index (χ3v) is 3.27. The summed E-state index contributed by atoms with van der Waals surface area (Å²) in [7, 11) is 0. The molecule has 1 N–H and O–H groups in total. The molecule has 0 fully saturated rings. The monoisotopic (exact) mass is 320 g/mol. The second kappa shape index (κ2) is 7.78. The van der Waals surface area contributed by atoms with Gasteiger partial charge in [-0.2, -0.15) is 5.10 Å². The zero-order valence-corrected chi connectivity index (χ0v) is 12.9. The molecule has 1 heterocycles. The van der Waals surface area contributed by atoms with Gasteiger partial charge in [0.1, 0.15) is 0 Å². The molecule has 2 aromatic rings. The summed E-state index contributed by atoms with van der Waals surface area (Å²) in [6.07, 6.45) is 8.89. The first-order valence-electron chi connectivity index (χ1n) is 7.44. The molecule has 0 aliphatic carbocycles. The molecule has 3 rings (SSSR count). The molecule has 0 unspecified atom stereocenters. The average Bonchev–Trinajstić information content (AvgIpc) is 3.09. The summed E-state index contributed by atoms with van der Waals surface area (Å²) in [5.74, 6) is 1.28. The van der Waals surface area contributed by atoms with Crippen LogP contribution in [0.1, 0.15) is 15.9 Å². The van der Waals surface area contributed by atoms with Gasteiger partial charge in [0.15, 0.2) is 11.5 Å². The predicted octanol–water partition coefficient (Wildman–Crippen LogP) is 3.40. The molecule has 0 radical (unpaired) electrons. The van der Waals surface area contributed by atoms with Crippen molar-refractivity contribution in [3.8, 4) is 11.5 Å². The van der Waals surface area contributed by atoms with Crippen molar-refractivity contribution in [2.75, 3.05) is 6.79 Å². The van der Waals surface area contributed by atoms with Crippen molar-refractivity contribution in [3.63, 3.8) is 0 Å². The van der Waals surface area contributed by atoms with E-state index in [9.17, 15) is 4.79 Å². The molecule has 0 bridgehead atoms. The van der Waals surface area contributed by atoms with Crippen molar-refractivity contribution in [1.29, 1.82) is 0 Å². The van der Waals surface area contributed by atoms with E-state index in [-0.39, 0.29) is 12.7 Å². The number of ether oxygens (including phenoxy) is 2. The molecule has 5 nitrogen and oxygen atoms in total. The minimum atomic E-state index is -0.240. The molecule has 0 saturated heterocycles. The second-order valence-electron chi connectivity index (χ2n) is 4.94. The van der Waals surface area contributed by atoms with Gasteiger partial charge in [-0.05, 0) is 35.9 Å². The normalized spacial score (nSPS) is 13.2. The van der Waals surface area contributed by atoms with Gasteiger partial charge in [0.05, 0.1) is 0 Å². The first-order chi connectivity index (χ1) is 11.8. The van der Waals surface area contributed by atoms with Crippen molar-refractivity contribution >= 4 is 18.2 Å². The average molecular weight is 320 g/mol. The fourth-order valence-corrected chi connectivity index (χ4v) is 2.09. The van der Waals surface area contributed by atoms with Gasteiger partial charge in [-0.15, -0.1) is 0 Å². The smallest absolute Gasteiger partial charge is 0.271 e. The fraction of sp³-hybridized carbons (Fsp3) is 0.0526. The van der Waals surface area contributed by atoms with Crippen LogP contribution >= 0.6 is 0 Å². The Morgan fingerprint density at radius 1 is 1.00 bits per heavy atom. The number of nitrogens with zero attached hydrogens (tertiary/aromatic N) is 1. The zero-order chi connectivity index (χ0) is 16.6. The highest BCUT2D eigenvalue weighted by Gasteiger charge is 2.11. The topological polar surface area (TPSA) is 59.9 Å². The highest BCUT2D eigenvalue weighted by Crippen LogP contribution is 2.32. The third-order valence-electron chi connectivity index (χ3n) is 3.27. The summed E-state index contributed by atoms with van der Waals surface area (Å²) >= 11 is 0. The molecule has 5 heteroatoms. The minimum Gasteiger partial charge on any atom is -0.454 e. The lowest BCUT2D eigenvalue weighted by atomic mass is 10.2. The van der Waals surface area contributed by atoms with Crippen molar-refractivity contribution in [2.24, 2.45) is 5.10 Å². The van der Waals surface area contributed by atoms with E-state index in [2.05, 4.69) is 10.5 Å². The van der Waals surface area contributed by atoms with E-state index in [4.69, 9.17) is 9.47 Å². The molecule has 2 aromatic carbocycles. The molecule has 0 aromatic heterocycles. The Bertz CT molecular complexity index is 796. The maximum absolute atomic E-state index is 11.7. The van der Waals surface area contributed by atoms with Crippen LogP contribution in [0.2, 0.25) is 0 Å². The Labute approximate surface area is 139 Å². The molecular weight excluding hydrogens is 304 g/mol. The van der Waals surface area contributed by atoms with Crippen LogP contribution < -0.4 is 14.9 Å². The number of benzene rings is 2. The Kier molecular flexibility index (Phi) is 5.04. The van der Waals surface area contributed by atoms with E-state index in [0.29, 0.717) is 5.56 Å². The van der Waals surface area contributed by atoms with Crippen molar-refractivity contribution in [3.05, 3.63) is 77.9 Å². The van der Waals surface area contributed by atoms with Crippen molar-refractivity contribution in [2.45, 2.75) is 0 Å². The van der Waals surface area contributed by atoms with Crippen LogP contribution in [0.4, 0.5) is 0 Å². The fourth-order valence-electron chi connectivity index (χ4n) is 2.09. The maximum Gasteiger partial charge on any atom is 0.271 e. The highest BCUT2D eigenvalue weighted by atomic mass is 16.7. The Balaban J connectivity index is 1.47. The number of amides is 1. The van der Waals surface area contributed by atoms with Crippen LogP contribution in [0.15, 0.2) is 71.9 Å². The summed E-state index contributed by atoms with van der Waals surface area (Å²) in [5.41, 5.74) is 4.04. The molecule has 24 heavy (non-hydrogen) atoms. The lowest BCUT2D eigenvalue weighted by Crippen LogP contribution is -2.16. The number of hydrogen-bond acceptors (Lipinski definition) is 4. The zero-order valence-electron chi connectivity index (χ0n) is 12.9. The Hall–Kier alpha value is -3.34. The predicted molar refractivity (Wildman–Crippen MR) is 93.1 cm³/mol. The lowest BCUT2D eigenvalue weighted by Gasteiger charge is -1.97. The Morgan fingerprint density at radius 3 is 2.71 bits per heavy atom. The van der Waals surface area contributed by atoms with Crippen LogP contribution in [0.25, 0.3) is 6.08 Å². The van der Waals surface area contributed by atoms with E-state index < -0.39 is 0 Å². The van der Waals surface area contributed by atoms with E-state index in [1.54, 1.807) is 30.3 Å². The summed E-state index contributed by atoms with van der Waals surface area (Å²) in [6.45, 7) is 0.271. The van der Waals surface area contributed by atoms with Crippen molar-refractivity contribution < 1.29 is 14.3 Å². The first-order valence-corrected chi connectivity index (χ1v) is 7.44. The third kappa shape index (κ3) is 4.10. The summed E-state index contributed by atoms with van der Waals surface area (Å²) in [4.78, 5) is 11.7. The van der Waals surface area contributed by atoms with Crippen LogP contribution in [-0.2, 0) is 0 Å². The summed E-state index contributed by atoms with van der Waals surface area (Å²) < 4.78 is 10.6. The number of nitrogens with one attached hydrogen (secondary N) is 1. The van der Waals surface area contributed by atoms with Gasteiger partial charge in [-0.25, -0.2) is 5.43 Å². The van der Waals surface area contributed by atoms with Gasteiger partial charge < -0.3 is 9.47 Å². The van der Waals surface area contributed by atoms with E-state index in [0.717, 1.165) is 17.1 Å². The molecule has 0 spiro atoms. The standard InChI is InChI=1S/C19H16N2O3/c22-19(16-8-4-1-5-9-16)21-20-12-6-2-3-7-15-10-11-17-18(13-15)24-14-23-17/h1-13H,14H2,(H,21,22)/b6-2+,7-3+,20-12+. The molecule has 1 amide bonds. The molecule has 120 valence electrons. The summed E-state index contributed by atoms with van der Waals surface area (Å²) in [5, 5.41) is 3.86. The minimum absolute atomic E-state index is 0.240. The van der Waals surface area contributed by atoms with Gasteiger partial charge in [-0.3, -0.25) is 4.79 Å². The molecule has 0 atom stereocenters. The quantitative estimate of drug-likeness (QED) is 0.522. The van der Waals surface area contributed by atoms with E-state index >= 15 is 0 Å². The number of allylic oxidation sites excluding steroid dienone is 3. The molecule has 1 aliphatic rings. The Morgan fingerprint density at radius 2 is 1.83 bits per heavy atom. The van der Waals surface area contributed by atoms with Gasteiger partial charge in [-0.1, -0.05) is 42.5 Å². The van der Waals surface area contributed by atoms with Crippen molar-refractivity contribution in [1.82, 2.24) is 5.43 Å². The molecule has 0 saturated carbocycles. The number of fused-ring (bicyclic) bond motifs is 1. The number of carbonyl (C=O) groups excluding carboxylic acids is 1.